The van der Waals surface area contributed by atoms with E-state index < -0.39 is 10.0 Å². The Hall–Kier alpha value is -2.16. The van der Waals surface area contributed by atoms with Gasteiger partial charge in [0.1, 0.15) is 5.75 Å². The van der Waals surface area contributed by atoms with Gasteiger partial charge in [-0.25, -0.2) is 8.42 Å². The van der Waals surface area contributed by atoms with Gasteiger partial charge in [-0.2, -0.15) is 4.31 Å². The first kappa shape index (κ1) is 21.5. The molecule has 1 aromatic heterocycles. The van der Waals surface area contributed by atoms with Crippen molar-refractivity contribution in [2.24, 2.45) is 0 Å². The van der Waals surface area contributed by atoms with Crippen molar-refractivity contribution < 1.29 is 22.7 Å². The molecule has 0 atom stereocenters. The molecule has 0 N–H and O–H groups in total. The lowest BCUT2D eigenvalue weighted by Crippen LogP contribution is -2.40. The van der Waals surface area contributed by atoms with Gasteiger partial charge in [0.05, 0.1) is 18.1 Å². The van der Waals surface area contributed by atoms with E-state index in [0.29, 0.717) is 37.6 Å². The first-order valence-corrected chi connectivity index (χ1v) is 11.2. The number of morpholine rings is 1. The van der Waals surface area contributed by atoms with Crippen molar-refractivity contribution in [1.29, 1.82) is 0 Å². The Morgan fingerprint density at radius 1 is 1.14 bits per heavy atom. The van der Waals surface area contributed by atoms with Crippen molar-refractivity contribution in [2.75, 3.05) is 32.9 Å². The van der Waals surface area contributed by atoms with Crippen LogP contribution in [0.15, 0.2) is 35.2 Å². The fraction of sp³-hybridized carbons (Fsp3) is 0.476. The fourth-order valence-electron chi connectivity index (χ4n) is 3.72. The minimum Gasteiger partial charge on any atom is -0.485 e. The summed E-state index contributed by atoms with van der Waals surface area (Å²) in [5.74, 6) is 0.354. The van der Waals surface area contributed by atoms with Gasteiger partial charge in [-0.05, 0) is 58.0 Å². The Kier molecular flexibility index (Phi) is 6.45. The minimum absolute atomic E-state index is 0.0993. The predicted molar refractivity (Wildman–Crippen MR) is 110 cm³/mol. The zero-order valence-electron chi connectivity index (χ0n) is 17.3. The van der Waals surface area contributed by atoms with Crippen LogP contribution in [-0.4, -0.2) is 56.0 Å². The van der Waals surface area contributed by atoms with Crippen LogP contribution in [0.5, 0.6) is 5.75 Å². The van der Waals surface area contributed by atoms with E-state index in [0.717, 1.165) is 11.4 Å². The zero-order chi connectivity index (χ0) is 21.2. The van der Waals surface area contributed by atoms with E-state index in [2.05, 4.69) is 18.4 Å². The van der Waals surface area contributed by atoms with Crippen LogP contribution in [0, 0.1) is 13.8 Å². The molecule has 7 nitrogen and oxygen atoms in total. The topological polar surface area (TPSA) is 77.8 Å². The second-order valence-electron chi connectivity index (χ2n) is 7.45. The number of aromatic nitrogens is 1. The lowest BCUT2D eigenvalue weighted by Gasteiger charge is -2.26. The highest BCUT2D eigenvalue weighted by atomic mass is 32.2. The van der Waals surface area contributed by atoms with Crippen LogP contribution in [0.1, 0.15) is 41.6 Å². The molecule has 158 valence electrons. The third-order valence-electron chi connectivity index (χ3n) is 5.10. The molecule has 1 aromatic carbocycles. The molecule has 8 heteroatoms. The Morgan fingerprint density at radius 3 is 2.31 bits per heavy atom. The van der Waals surface area contributed by atoms with E-state index in [-0.39, 0.29) is 23.3 Å². The minimum atomic E-state index is -3.54. The van der Waals surface area contributed by atoms with Crippen molar-refractivity contribution in [2.45, 2.75) is 38.6 Å². The Bertz CT molecular complexity index is 971. The summed E-state index contributed by atoms with van der Waals surface area (Å²) in [5.41, 5.74) is 2.62. The Morgan fingerprint density at radius 2 is 1.76 bits per heavy atom. The van der Waals surface area contributed by atoms with E-state index >= 15 is 0 Å². The number of sulfonamides is 1. The quantitative estimate of drug-likeness (QED) is 0.644. The van der Waals surface area contributed by atoms with Gasteiger partial charge in [0, 0.05) is 36.1 Å². The normalized spacial score (nSPS) is 15.6. The molecule has 1 saturated heterocycles. The van der Waals surface area contributed by atoms with Gasteiger partial charge in [0.2, 0.25) is 15.8 Å². The predicted octanol–water partition coefficient (Wildman–Crippen LogP) is 2.97. The summed E-state index contributed by atoms with van der Waals surface area (Å²) in [6.45, 7) is 9.49. The maximum absolute atomic E-state index is 12.6. The summed E-state index contributed by atoms with van der Waals surface area (Å²) in [4.78, 5) is 12.8. The number of Topliss-reactive ketones (excluding diaryl/α,β-unsaturated/α-hetero) is 1. The number of carbonyl (C=O) groups is 1. The highest BCUT2D eigenvalue weighted by Gasteiger charge is 2.26. The first-order valence-electron chi connectivity index (χ1n) is 9.74. The van der Waals surface area contributed by atoms with E-state index in [1.54, 1.807) is 12.1 Å². The number of hydrogen-bond acceptors (Lipinski definition) is 5. The van der Waals surface area contributed by atoms with Crippen LogP contribution in [-0.2, 0) is 14.8 Å². The molecular weight excluding hydrogens is 392 g/mol. The summed E-state index contributed by atoms with van der Waals surface area (Å²) >= 11 is 0. The van der Waals surface area contributed by atoms with E-state index in [9.17, 15) is 13.2 Å². The maximum Gasteiger partial charge on any atom is 0.243 e. The van der Waals surface area contributed by atoms with Crippen LogP contribution in [0.25, 0.3) is 0 Å². The molecule has 0 amide bonds. The van der Waals surface area contributed by atoms with Crippen molar-refractivity contribution in [3.63, 3.8) is 0 Å². The number of hydrogen-bond donors (Lipinski definition) is 0. The second-order valence-corrected chi connectivity index (χ2v) is 9.39. The largest absolute Gasteiger partial charge is 0.485 e. The Labute approximate surface area is 172 Å². The molecule has 0 unspecified atom stereocenters. The highest BCUT2D eigenvalue weighted by molar-refractivity contribution is 7.89. The van der Waals surface area contributed by atoms with E-state index in [4.69, 9.17) is 9.47 Å². The van der Waals surface area contributed by atoms with Gasteiger partial charge in [0.15, 0.2) is 6.61 Å². The third-order valence-corrected chi connectivity index (χ3v) is 7.02. The highest BCUT2D eigenvalue weighted by Crippen LogP contribution is 2.23. The number of nitrogens with zero attached hydrogens (tertiary/aromatic N) is 2. The number of carbonyl (C=O) groups excluding carboxylic acids is 1. The molecule has 0 saturated carbocycles. The molecule has 1 aliphatic rings. The zero-order valence-corrected chi connectivity index (χ0v) is 18.2. The number of rotatable bonds is 7. The van der Waals surface area contributed by atoms with Crippen molar-refractivity contribution in [3.8, 4) is 5.75 Å². The average molecular weight is 421 g/mol. The van der Waals surface area contributed by atoms with Crippen LogP contribution in [0.3, 0.4) is 0 Å². The lowest BCUT2D eigenvalue weighted by molar-refractivity contribution is 0.0730. The van der Waals surface area contributed by atoms with Gasteiger partial charge in [-0.1, -0.05) is 0 Å². The molecule has 3 rings (SSSR count). The SMILES string of the molecule is Cc1cc(C(=O)COc2ccc(S(=O)(=O)N3CCOCC3)cc2)c(C)n1C(C)C. The molecule has 0 aliphatic carbocycles. The van der Waals surface area contributed by atoms with Crippen LogP contribution in [0.4, 0.5) is 0 Å². The number of ketones is 1. The molecule has 2 heterocycles. The molecule has 0 bridgehead atoms. The molecule has 0 radical (unpaired) electrons. The molecule has 1 aliphatic heterocycles. The average Bonchev–Trinajstić information content (AvgIpc) is 3.01. The maximum atomic E-state index is 12.6. The molecule has 0 spiro atoms. The summed E-state index contributed by atoms with van der Waals surface area (Å²) < 4.78 is 39.7. The van der Waals surface area contributed by atoms with Gasteiger partial charge < -0.3 is 14.0 Å². The summed E-state index contributed by atoms with van der Waals surface area (Å²) in [7, 11) is -3.54. The standard InChI is InChI=1S/C21H28N2O5S/c1-15(2)23-16(3)13-20(17(23)4)21(24)14-28-18-5-7-19(8-6-18)29(25,26)22-9-11-27-12-10-22/h5-8,13,15H,9-12,14H2,1-4H3. The smallest absolute Gasteiger partial charge is 0.243 e. The van der Waals surface area contributed by atoms with Gasteiger partial charge in [0.25, 0.3) is 0 Å². The Balaban J connectivity index is 1.66. The van der Waals surface area contributed by atoms with Crippen molar-refractivity contribution >= 4 is 15.8 Å². The lowest BCUT2D eigenvalue weighted by atomic mass is 10.1. The number of aryl methyl sites for hydroxylation is 1. The van der Waals surface area contributed by atoms with Gasteiger partial charge >= 0.3 is 0 Å². The molecule has 2 aromatic rings. The van der Waals surface area contributed by atoms with E-state index in [1.807, 2.05) is 19.9 Å². The summed E-state index contributed by atoms with van der Waals surface area (Å²) in [6.07, 6.45) is 0. The summed E-state index contributed by atoms with van der Waals surface area (Å²) in [6, 6.07) is 8.35. The van der Waals surface area contributed by atoms with E-state index in [1.165, 1.54) is 16.4 Å². The molecular formula is C21H28N2O5S. The number of ether oxygens (including phenoxy) is 2. The monoisotopic (exact) mass is 420 g/mol. The van der Waals surface area contributed by atoms with Crippen LogP contribution in [0.2, 0.25) is 0 Å². The van der Waals surface area contributed by atoms with Crippen molar-refractivity contribution in [1.82, 2.24) is 8.87 Å². The van der Waals surface area contributed by atoms with Crippen LogP contribution >= 0.6 is 0 Å². The molecule has 29 heavy (non-hydrogen) atoms. The van der Waals surface area contributed by atoms with Crippen LogP contribution < -0.4 is 4.74 Å². The third kappa shape index (κ3) is 4.55. The van der Waals surface area contributed by atoms with Crippen molar-refractivity contribution in [3.05, 3.63) is 47.3 Å². The van der Waals surface area contributed by atoms with Gasteiger partial charge in [-0.3, -0.25) is 4.79 Å². The molecule has 1 fully saturated rings. The number of benzene rings is 1. The fourth-order valence-corrected chi connectivity index (χ4v) is 5.13. The van der Waals surface area contributed by atoms with Gasteiger partial charge in [-0.15, -0.1) is 0 Å². The first-order chi connectivity index (χ1) is 13.7. The second kappa shape index (κ2) is 8.69. The summed E-state index contributed by atoms with van der Waals surface area (Å²) in [5, 5.41) is 0.